The number of nitrogens with one attached hydrogen (secondary N) is 1. The number of ether oxygens (including phenoxy) is 1. The van der Waals surface area contributed by atoms with Crippen LogP contribution in [-0.4, -0.2) is 15.0 Å². The van der Waals surface area contributed by atoms with E-state index in [4.69, 9.17) is 16.3 Å². The van der Waals surface area contributed by atoms with Gasteiger partial charge in [0.2, 0.25) is 0 Å². The van der Waals surface area contributed by atoms with Gasteiger partial charge in [-0.1, -0.05) is 11.6 Å². The summed E-state index contributed by atoms with van der Waals surface area (Å²) in [4.78, 5) is -0.197. The molecule has 130 valence electrons. The van der Waals surface area contributed by atoms with Crippen LogP contribution in [-0.2, 0) is 16.2 Å². The first-order valence-corrected chi connectivity index (χ1v) is 8.62. The number of alkyl halides is 3. The standard InChI is InChI=1S/C15H13ClF3NO3S/c1-2-23-13-8-5-11(16)9-14(13)24(21,22)20-12-6-3-10(4-7-12)15(17,18)19/h3-9,20H,2H2,1H3. The molecule has 4 nitrogen and oxygen atoms in total. The maximum absolute atomic E-state index is 12.5. The molecule has 0 heterocycles. The van der Waals surface area contributed by atoms with Crippen LogP contribution in [0.4, 0.5) is 18.9 Å². The second kappa shape index (κ2) is 6.90. The SMILES string of the molecule is CCOc1ccc(Cl)cc1S(=O)(=O)Nc1ccc(C(F)(F)F)cc1. The lowest BCUT2D eigenvalue weighted by Crippen LogP contribution is -2.15. The van der Waals surface area contributed by atoms with Gasteiger partial charge < -0.3 is 4.74 Å². The third-order valence-electron chi connectivity index (χ3n) is 2.96. The van der Waals surface area contributed by atoms with E-state index >= 15 is 0 Å². The minimum absolute atomic E-state index is 0.00887. The first-order chi connectivity index (χ1) is 11.1. The first-order valence-electron chi connectivity index (χ1n) is 6.76. The van der Waals surface area contributed by atoms with Crippen molar-refractivity contribution in [3.63, 3.8) is 0 Å². The minimum atomic E-state index is -4.49. The van der Waals surface area contributed by atoms with Crippen molar-refractivity contribution >= 4 is 27.3 Å². The van der Waals surface area contributed by atoms with E-state index in [-0.39, 0.29) is 28.0 Å². The van der Waals surface area contributed by atoms with Crippen molar-refractivity contribution in [2.24, 2.45) is 0 Å². The highest BCUT2D eigenvalue weighted by Crippen LogP contribution is 2.32. The molecule has 0 aliphatic rings. The van der Waals surface area contributed by atoms with E-state index in [9.17, 15) is 21.6 Å². The Labute approximate surface area is 142 Å². The van der Waals surface area contributed by atoms with Gasteiger partial charge in [-0.2, -0.15) is 13.2 Å². The van der Waals surface area contributed by atoms with Crippen LogP contribution in [0.1, 0.15) is 12.5 Å². The Kier molecular flexibility index (Phi) is 5.29. The first kappa shape index (κ1) is 18.4. The third-order valence-corrected chi connectivity index (χ3v) is 4.60. The lowest BCUT2D eigenvalue weighted by atomic mass is 10.2. The molecule has 0 aromatic heterocycles. The molecule has 0 unspecified atom stereocenters. The van der Waals surface area contributed by atoms with Crippen molar-refractivity contribution in [1.29, 1.82) is 0 Å². The molecular formula is C15H13ClF3NO3S. The summed E-state index contributed by atoms with van der Waals surface area (Å²) in [5.74, 6) is 0.0984. The van der Waals surface area contributed by atoms with Crippen LogP contribution in [0.2, 0.25) is 5.02 Å². The molecule has 0 saturated carbocycles. The van der Waals surface area contributed by atoms with Gasteiger partial charge in [0, 0.05) is 10.7 Å². The van der Waals surface area contributed by atoms with Crippen LogP contribution in [0.15, 0.2) is 47.4 Å². The van der Waals surface area contributed by atoms with E-state index in [1.165, 1.54) is 18.2 Å². The molecule has 0 radical (unpaired) electrons. The van der Waals surface area contributed by atoms with E-state index in [1.54, 1.807) is 6.92 Å². The molecule has 0 fully saturated rings. The normalized spacial score (nSPS) is 12.0. The number of rotatable bonds is 5. The molecule has 0 saturated heterocycles. The molecule has 0 spiro atoms. The van der Waals surface area contributed by atoms with E-state index in [0.29, 0.717) is 0 Å². The quantitative estimate of drug-likeness (QED) is 0.828. The van der Waals surface area contributed by atoms with E-state index in [0.717, 1.165) is 24.3 Å². The topological polar surface area (TPSA) is 55.4 Å². The number of sulfonamides is 1. The summed E-state index contributed by atoms with van der Waals surface area (Å²) in [7, 11) is -4.08. The van der Waals surface area contributed by atoms with Gasteiger partial charge in [-0.3, -0.25) is 4.72 Å². The Morgan fingerprint density at radius 3 is 2.29 bits per heavy atom. The summed E-state index contributed by atoms with van der Waals surface area (Å²) in [5.41, 5.74) is -0.881. The summed E-state index contributed by atoms with van der Waals surface area (Å²) < 4.78 is 70.0. The Bertz CT molecular complexity index is 821. The molecule has 2 rings (SSSR count). The smallest absolute Gasteiger partial charge is 0.416 e. The largest absolute Gasteiger partial charge is 0.492 e. The molecule has 0 amide bonds. The predicted molar refractivity (Wildman–Crippen MR) is 84.9 cm³/mol. The van der Waals surface area contributed by atoms with Gasteiger partial charge in [0.15, 0.2) is 0 Å². The Hall–Kier alpha value is -1.93. The summed E-state index contributed by atoms with van der Waals surface area (Å²) in [6, 6.07) is 7.74. The lowest BCUT2D eigenvalue weighted by molar-refractivity contribution is -0.137. The van der Waals surface area contributed by atoms with Crippen LogP contribution in [0.3, 0.4) is 0 Å². The van der Waals surface area contributed by atoms with Crippen LogP contribution in [0, 0.1) is 0 Å². The second-order valence-corrected chi connectivity index (χ2v) is 6.79. The van der Waals surface area contributed by atoms with Crippen molar-refractivity contribution in [3.8, 4) is 5.75 Å². The summed E-state index contributed by atoms with van der Waals surface area (Å²) in [6.45, 7) is 1.93. The monoisotopic (exact) mass is 379 g/mol. The van der Waals surface area contributed by atoms with Gasteiger partial charge in [0.25, 0.3) is 10.0 Å². The second-order valence-electron chi connectivity index (χ2n) is 4.70. The predicted octanol–water partition coefficient (Wildman–Crippen LogP) is 4.56. The van der Waals surface area contributed by atoms with Crippen molar-refractivity contribution in [1.82, 2.24) is 0 Å². The summed E-state index contributed by atoms with van der Waals surface area (Å²) in [6.07, 6.45) is -4.49. The zero-order valence-corrected chi connectivity index (χ0v) is 14.0. The molecule has 2 aromatic carbocycles. The van der Waals surface area contributed by atoms with Crippen LogP contribution < -0.4 is 9.46 Å². The molecule has 9 heteroatoms. The van der Waals surface area contributed by atoms with E-state index < -0.39 is 21.8 Å². The fraction of sp³-hybridized carbons (Fsp3) is 0.200. The Balaban J connectivity index is 2.33. The van der Waals surface area contributed by atoms with Gasteiger partial charge in [0.1, 0.15) is 10.6 Å². The molecule has 0 aliphatic heterocycles. The van der Waals surface area contributed by atoms with E-state index in [1.807, 2.05) is 0 Å². The average molecular weight is 380 g/mol. The molecular weight excluding hydrogens is 367 g/mol. The zero-order chi connectivity index (χ0) is 18.0. The molecule has 1 N–H and O–H groups in total. The van der Waals surface area contributed by atoms with Crippen LogP contribution in [0.5, 0.6) is 5.75 Å². The van der Waals surface area contributed by atoms with Gasteiger partial charge >= 0.3 is 6.18 Å². The number of anilines is 1. The highest BCUT2D eigenvalue weighted by Gasteiger charge is 2.30. The maximum atomic E-state index is 12.5. The fourth-order valence-electron chi connectivity index (χ4n) is 1.90. The van der Waals surface area contributed by atoms with Crippen molar-refractivity contribution in [2.45, 2.75) is 18.0 Å². The molecule has 0 aliphatic carbocycles. The zero-order valence-electron chi connectivity index (χ0n) is 12.4. The number of hydrogen-bond acceptors (Lipinski definition) is 3. The molecule has 0 bridgehead atoms. The van der Waals surface area contributed by atoms with Crippen LogP contribution in [0.25, 0.3) is 0 Å². The average Bonchev–Trinajstić information content (AvgIpc) is 2.48. The lowest BCUT2D eigenvalue weighted by Gasteiger charge is -2.13. The van der Waals surface area contributed by atoms with Gasteiger partial charge in [0.05, 0.1) is 12.2 Å². The maximum Gasteiger partial charge on any atom is 0.416 e. The minimum Gasteiger partial charge on any atom is -0.492 e. The summed E-state index contributed by atoms with van der Waals surface area (Å²) >= 11 is 5.82. The number of halogens is 4. The van der Waals surface area contributed by atoms with Crippen molar-refractivity contribution < 1.29 is 26.3 Å². The Morgan fingerprint density at radius 2 is 1.75 bits per heavy atom. The van der Waals surface area contributed by atoms with Gasteiger partial charge in [-0.05, 0) is 49.4 Å². The van der Waals surface area contributed by atoms with Crippen molar-refractivity contribution in [2.75, 3.05) is 11.3 Å². The van der Waals surface area contributed by atoms with Crippen molar-refractivity contribution in [3.05, 3.63) is 53.1 Å². The fourth-order valence-corrected chi connectivity index (χ4v) is 3.37. The van der Waals surface area contributed by atoms with Gasteiger partial charge in [-0.15, -0.1) is 0 Å². The molecule has 0 atom stereocenters. The number of benzene rings is 2. The molecule has 24 heavy (non-hydrogen) atoms. The highest BCUT2D eigenvalue weighted by atomic mass is 35.5. The summed E-state index contributed by atoms with van der Waals surface area (Å²) in [5, 5.41) is 0.186. The highest BCUT2D eigenvalue weighted by molar-refractivity contribution is 7.92. The third kappa shape index (κ3) is 4.33. The van der Waals surface area contributed by atoms with Crippen LogP contribution >= 0.6 is 11.6 Å². The number of hydrogen-bond donors (Lipinski definition) is 1. The molecule has 2 aromatic rings. The Morgan fingerprint density at radius 1 is 1.12 bits per heavy atom. The van der Waals surface area contributed by atoms with Gasteiger partial charge in [-0.25, -0.2) is 8.42 Å². The van der Waals surface area contributed by atoms with E-state index in [2.05, 4.69) is 4.72 Å².